The van der Waals surface area contributed by atoms with Crippen LogP contribution in [0, 0.1) is 5.92 Å². The van der Waals surface area contributed by atoms with Crippen LogP contribution in [0.25, 0.3) is 0 Å². The van der Waals surface area contributed by atoms with Gasteiger partial charge in [-0.1, -0.05) is 6.42 Å². The largest absolute Gasteiger partial charge is 0.314 e. The molecule has 18 heavy (non-hydrogen) atoms. The lowest BCUT2D eigenvalue weighted by Gasteiger charge is -2.42. The van der Waals surface area contributed by atoms with Crippen LogP contribution < -0.4 is 5.32 Å². The average molecular weight is 310 g/mol. The summed E-state index contributed by atoms with van der Waals surface area (Å²) in [5.74, 6) is 0.816. The predicted octanol–water partition coefficient (Wildman–Crippen LogP) is 2.59. The first-order valence-corrected chi connectivity index (χ1v) is 7.70. The van der Waals surface area contributed by atoms with Gasteiger partial charge in [0.05, 0.1) is 11.7 Å². The summed E-state index contributed by atoms with van der Waals surface area (Å²) in [4.78, 5) is 7.27. The Kier molecular flexibility index (Phi) is 3.97. The van der Waals surface area contributed by atoms with Crippen LogP contribution >= 0.6 is 15.9 Å². The van der Waals surface area contributed by atoms with E-state index in [4.69, 9.17) is 0 Å². The molecule has 3 nitrogen and oxygen atoms in total. The Hall–Kier alpha value is -0.450. The first-order valence-electron chi connectivity index (χ1n) is 6.91. The van der Waals surface area contributed by atoms with Gasteiger partial charge < -0.3 is 5.32 Å². The second kappa shape index (κ2) is 5.68. The lowest BCUT2D eigenvalue weighted by Crippen LogP contribution is -2.48. The Bertz CT molecular complexity index is 383. The highest BCUT2D eigenvalue weighted by Crippen LogP contribution is 2.40. The Morgan fingerprint density at radius 1 is 1.28 bits per heavy atom. The monoisotopic (exact) mass is 309 g/mol. The Morgan fingerprint density at radius 2 is 2.06 bits per heavy atom. The van der Waals surface area contributed by atoms with Crippen molar-refractivity contribution >= 4 is 15.9 Å². The zero-order valence-corrected chi connectivity index (χ0v) is 12.2. The average Bonchev–Trinajstić information content (AvgIpc) is 2.36. The van der Waals surface area contributed by atoms with Gasteiger partial charge in [0, 0.05) is 36.8 Å². The van der Waals surface area contributed by atoms with Crippen LogP contribution in [0.15, 0.2) is 22.8 Å². The van der Waals surface area contributed by atoms with Crippen LogP contribution in [0.4, 0.5) is 0 Å². The van der Waals surface area contributed by atoms with E-state index < -0.39 is 0 Å². The molecular weight excluding hydrogens is 290 g/mol. The molecule has 0 spiro atoms. The van der Waals surface area contributed by atoms with Crippen molar-refractivity contribution < 1.29 is 0 Å². The third-order valence-corrected chi connectivity index (χ3v) is 4.66. The number of nitrogens with one attached hydrogen (secondary N) is 1. The van der Waals surface area contributed by atoms with Gasteiger partial charge in [-0.15, -0.1) is 0 Å². The maximum atomic E-state index is 4.65. The zero-order valence-electron chi connectivity index (χ0n) is 10.6. The highest BCUT2D eigenvalue weighted by molar-refractivity contribution is 9.10. The molecule has 1 aliphatic carbocycles. The minimum atomic E-state index is 0.536. The van der Waals surface area contributed by atoms with E-state index in [1.54, 1.807) is 0 Å². The van der Waals surface area contributed by atoms with Crippen molar-refractivity contribution in [2.24, 2.45) is 5.92 Å². The van der Waals surface area contributed by atoms with Gasteiger partial charge >= 0.3 is 0 Å². The Labute approximate surface area is 117 Å². The van der Waals surface area contributed by atoms with E-state index in [2.05, 4.69) is 43.3 Å². The smallest absolute Gasteiger partial charge is 0.0579 e. The van der Waals surface area contributed by atoms with Gasteiger partial charge in [0.2, 0.25) is 0 Å². The van der Waals surface area contributed by atoms with Crippen LogP contribution in [-0.4, -0.2) is 36.1 Å². The minimum absolute atomic E-state index is 0.536. The van der Waals surface area contributed by atoms with Gasteiger partial charge in [-0.25, -0.2) is 0 Å². The second-order valence-corrected chi connectivity index (χ2v) is 6.24. The molecule has 0 unspecified atom stereocenters. The lowest BCUT2D eigenvalue weighted by atomic mass is 9.77. The summed E-state index contributed by atoms with van der Waals surface area (Å²) in [6, 6.07) is 4.85. The molecule has 1 atom stereocenters. The van der Waals surface area contributed by atoms with E-state index in [-0.39, 0.29) is 0 Å². The molecule has 4 heteroatoms. The summed E-state index contributed by atoms with van der Waals surface area (Å²) < 4.78 is 1.07. The molecule has 1 saturated heterocycles. The second-order valence-electron chi connectivity index (χ2n) is 5.32. The molecule has 3 rings (SSSR count). The summed E-state index contributed by atoms with van der Waals surface area (Å²) in [7, 11) is 0. The van der Waals surface area contributed by atoms with Crippen molar-refractivity contribution in [2.45, 2.75) is 25.3 Å². The van der Waals surface area contributed by atoms with Crippen molar-refractivity contribution in [2.75, 3.05) is 26.2 Å². The molecule has 2 heterocycles. The fraction of sp³-hybridized carbons (Fsp3) is 0.643. The first-order chi connectivity index (χ1) is 8.84. The summed E-state index contributed by atoms with van der Waals surface area (Å²) in [5.41, 5.74) is 1.25. The molecule has 0 radical (unpaired) electrons. The number of hydrogen-bond acceptors (Lipinski definition) is 3. The number of halogens is 1. The van der Waals surface area contributed by atoms with Gasteiger partial charge in [0.25, 0.3) is 0 Å². The maximum absolute atomic E-state index is 4.65. The van der Waals surface area contributed by atoms with Gasteiger partial charge in [-0.2, -0.15) is 0 Å². The van der Waals surface area contributed by atoms with E-state index in [1.807, 2.05) is 6.20 Å². The lowest BCUT2D eigenvalue weighted by molar-refractivity contribution is 0.0808. The van der Waals surface area contributed by atoms with Gasteiger partial charge in [-0.05, 0) is 46.8 Å². The van der Waals surface area contributed by atoms with Gasteiger partial charge in [0.1, 0.15) is 0 Å². The van der Waals surface area contributed by atoms with E-state index in [0.717, 1.165) is 36.6 Å². The SMILES string of the molecule is Brc1ccc([C@@H](C2CCC2)N2CCNCC2)nc1. The number of rotatable bonds is 3. The molecule has 98 valence electrons. The molecule has 1 aromatic heterocycles. The Balaban J connectivity index is 1.81. The third-order valence-electron chi connectivity index (χ3n) is 4.19. The summed E-state index contributed by atoms with van der Waals surface area (Å²) in [6.07, 6.45) is 6.06. The molecule has 0 amide bonds. The van der Waals surface area contributed by atoms with Crippen LogP contribution in [0.2, 0.25) is 0 Å². The normalized spacial score (nSPS) is 23.6. The Morgan fingerprint density at radius 3 is 2.61 bits per heavy atom. The fourth-order valence-electron chi connectivity index (χ4n) is 3.00. The van der Waals surface area contributed by atoms with Crippen LogP contribution in [-0.2, 0) is 0 Å². The predicted molar refractivity (Wildman–Crippen MR) is 76.5 cm³/mol. The zero-order chi connectivity index (χ0) is 12.4. The van der Waals surface area contributed by atoms with Crippen LogP contribution in [0.5, 0.6) is 0 Å². The molecule has 2 fully saturated rings. The topological polar surface area (TPSA) is 28.2 Å². The highest BCUT2D eigenvalue weighted by Gasteiger charge is 2.34. The summed E-state index contributed by atoms with van der Waals surface area (Å²) >= 11 is 3.47. The van der Waals surface area contributed by atoms with Crippen molar-refractivity contribution in [1.82, 2.24) is 15.2 Å². The molecule has 0 bridgehead atoms. The molecule has 0 aromatic carbocycles. The third kappa shape index (κ3) is 2.60. The quantitative estimate of drug-likeness (QED) is 0.930. The summed E-state index contributed by atoms with van der Waals surface area (Å²) in [5, 5.41) is 3.44. The van der Waals surface area contributed by atoms with E-state index in [0.29, 0.717) is 6.04 Å². The van der Waals surface area contributed by atoms with Crippen molar-refractivity contribution in [3.63, 3.8) is 0 Å². The van der Waals surface area contributed by atoms with Gasteiger partial charge in [-0.3, -0.25) is 9.88 Å². The molecule has 1 aromatic rings. The first kappa shape index (κ1) is 12.6. The number of nitrogens with zero attached hydrogens (tertiary/aromatic N) is 2. The van der Waals surface area contributed by atoms with E-state index in [9.17, 15) is 0 Å². The van der Waals surface area contributed by atoms with Crippen molar-refractivity contribution in [3.8, 4) is 0 Å². The number of piperazine rings is 1. The van der Waals surface area contributed by atoms with E-state index >= 15 is 0 Å². The van der Waals surface area contributed by atoms with Crippen molar-refractivity contribution in [3.05, 3.63) is 28.5 Å². The molecule has 2 aliphatic rings. The molecule has 1 aliphatic heterocycles. The fourth-order valence-corrected chi connectivity index (χ4v) is 3.24. The maximum Gasteiger partial charge on any atom is 0.0579 e. The number of pyridine rings is 1. The number of hydrogen-bond donors (Lipinski definition) is 1. The van der Waals surface area contributed by atoms with Gasteiger partial charge in [0.15, 0.2) is 0 Å². The molecule has 1 saturated carbocycles. The molecule has 1 N–H and O–H groups in total. The van der Waals surface area contributed by atoms with Crippen molar-refractivity contribution in [1.29, 1.82) is 0 Å². The molecular formula is C14H20BrN3. The van der Waals surface area contributed by atoms with E-state index in [1.165, 1.54) is 25.0 Å². The minimum Gasteiger partial charge on any atom is -0.314 e. The van der Waals surface area contributed by atoms with Crippen LogP contribution in [0.3, 0.4) is 0 Å². The highest BCUT2D eigenvalue weighted by atomic mass is 79.9. The van der Waals surface area contributed by atoms with Crippen LogP contribution in [0.1, 0.15) is 31.0 Å². The number of aromatic nitrogens is 1. The summed E-state index contributed by atoms with van der Waals surface area (Å²) in [6.45, 7) is 4.53. The standard InChI is InChI=1S/C14H20BrN3/c15-12-4-5-13(17-10-12)14(11-2-1-3-11)18-8-6-16-7-9-18/h4-5,10-11,14,16H,1-3,6-9H2/t14-/m1/s1.